The van der Waals surface area contributed by atoms with Crippen LogP contribution in [0, 0.1) is 0 Å². The third kappa shape index (κ3) is 1.41. The maximum absolute atomic E-state index is 10.9. The highest BCUT2D eigenvalue weighted by atomic mass is 16.5. The topological polar surface area (TPSA) is 64.3 Å². The van der Waals surface area contributed by atoms with Gasteiger partial charge in [0, 0.05) is 7.05 Å². The van der Waals surface area contributed by atoms with Crippen LogP contribution in [0.1, 0.15) is 10.4 Å². The van der Waals surface area contributed by atoms with Gasteiger partial charge in [-0.1, -0.05) is 0 Å². The zero-order valence-corrected chi connectivity index (χ0v) is 8.39. The van der Waals surface area contributed by atoms with Gasteiger partial charge in [-0.3, -0.25) is 4.68 Å². The average molecular weight is 206 g/mol. The molecular formula is C10H10N2O3. The molecule has 0 aliphatic rings. The first-order valence-electron chi connectivity index (χ1n) is 4.36. The van der Waals surface area contributed by atoms with Gasteiger partial charge in [-0.05, 0) is 12.1 Å². The number of nitrogens with zero attached hydrogens (tertiary/aromatic N) is 2. The van der Waals surface area contributed by atoms with Crippen LogP contribution in [0.15, 0.2) is 18.3 Å². The van der Waals surface area contributed by atoms with Gasteiger partial charge in [0.25, 0.3) is 0 Å². The Kier molecular flexibility index (Phi) is 2.07. The molecule has 5 nitrogen and oxygen atoms in total. The second-order valence-corrected chi connectivity index (χ2v) is 3.18. The molecule has 0 radical (unpaired) electrons. The van der Waals surface area contributed by atoms with Crippen molar-refractivity contribution < 1.29 is 14.6 Å². The van der Waals surface area contributed by atoms with Gasteiger partial charge in [0.1, 0.15) is 5.75 Å². The molecule has 0 atom stereocenters. The van der Waals surface area contributed by atoms with E-state index >= 15 is 0 Å². The molecule has 1 aromatic carbocycles. The van der Waals surface area contributed by atoms with Gasteiger partial charge in [-0.15, -0.1) is 0 Å². The minimum absolute atomic E-state index is 0.197. The molecule has 0 unspecified atom stereocenters. The van der Waals surface area contributed by atoms with Crippen LogP contribution in [-0.2, 0) is 7.05 Å². The summed E-state index contributed by atoms with van der Waals surface area (Å²) in [6, 6.07) is 3.07. The number of fused-ring (bicyclic) bond motifs is 1. The molecule has 0 aliphatic heterocycles. The number of aromatic nitrogens is 2. The van der Waals surface area contributed by atoms with E-state index in [9.17, 15) is 4.79 Å². The Labute approximate surface area is 85.9 Å². The standard InChI is InChI=1S/C10H10N2O3/c1-12-8-3-6(10(13)14)4-9(15-2)7(8)5-11-12/h3-5H,1-2H3,(H,13,14). The minimum atomic E-state index is -0.976. The number of rotatable bonds is 2. The number of hydrogen-bond donors (Lipinski definition) is 1. The highest BCUT2D eigenvalue weighted by Gasteiger charge is 2.11. The van der Waals surface area contributed by atoms with Gasteiger partial charge in [-0.2, -0.15) is 5.10 Å². The van der Waals surface area contributed by atoms with E-state index in [0.717, 1.165) is 10.9 Å². The average Bonchev–Trinajstić information content (AvgIpc) is 2.59. The summed E-state index contributed by atoms with van der Waals surface area (Å²) in [4.78, 5) is 10.9. The fraction of sp³-hybridized carbons (Fsp3) is 0.200. The number of carbonyl (C=O) groups is 1. The quantitative estimate of drug-likeness (QED) is 0.803. The Balaban J connectivity index is 2.79. The van der Waals surface area contributed by atoms with Gasteiger partial charge in [0.05, 0.1) is 29.8 Å². The fourth-order valence-electron chi connectivity index (χ4n) is 1.51. The summed E-state index contributed by atoms with van der Waals surface area (Å²) in [5.74, 6) is -0.450. The Morgan fingerprint density at radius 3 is 2.87 bits per heavy atom. The van der Waals surface area contributed by atoms with Crippen molar-refractivity contribution >= 4 is 16.9 Å². The van der Waals surface area contributed by atoms with Crippen LogP contribution in [-0.4, -0.2) is 28.0 Å². The molecule has 0 saturated carbocycles. The van der Waals surface area contributed by atoms with E-state index in [0.29, 0.717) is 5.75 Å². The molecule has 2 aromatic rings. The number of carboxylic acids is 1. The summed E-state index contributed by atoms with van der Waals surface area (Å²) in [6.45, 7) is 0. The molecule has 1 N–H and O–H groups in total. The van der Waals surface area contributed by atoms with E-state index in [-0.39, 0.29) is 5.56 Å². The Morgan fingerprint density at radius 1 is 1.53 bits per heavy atom. The van der Waals surface area contributed by atoms with Crippen LogP contribution in [0.3, 0.4) is 0 Å². The maximum atomic E-state index is 10.9. The summed E-state index contributed by atoms with van der Waals surface area (Å²) < 4.78 is 6.73. The van der Waals surface area contributed by atoms with Crippen molar-refractivity contribution in [3.63, 3.8) is 0 Å². The van der Waals surface area contributed by atoms with Gasteiger partial charge < -0.3 is 9.84 Å². The van der Waals surface area contributed by atoms with Crippen LogP contribution < -0.4 is 4.74 Å². The monoisotopic (exact) mass is 206 g/mol. The zero-order chi connectivity index (χ0) is 11.0. The predicted molar refractivity (Wildman–Crippen MR) is 54.2 cm³/mol. The Hall–Kier alpha value is -2.04. The first kappa shape index (κ1) is 9.51. The van der Waals surface area contributed by atoms with Crippen LogP contribution in [0.4, 0.5) is 0 Å². The molecule has 0 saturated heterocycles. The number of carboxylic acid groups (broad SMARTS) is 1. The fourth-order valence-corrected chi connectivity index (χ4v) is 1.51. The lowest BCUT2D eigenvalue weighted by molar-refractivity contribution is 0.0696. The number of benzene rings is 1. The van der Waals surface area contributed by atoms with Crippen molar-refractivity contribution in [1.29, 1.82) is 0 Å². The number of hydrogen-bond acceptors (Lipinski definition) is 3. The molecule has 0 spiro atoms. The normalized spacial score (nSPS) is 10.5. The van der Waals surface area contributed by atoms with Gasteiger partial charge in [-0.25, -0.2) is 4.79 Å². The van der Waals surface area contributed by atoms with Gasteiger partial charge in [0.15, 0.2) is 0 Å². The molecule has 1 aromatic heterocycles. The molecule has 2 rings (SSSR count). The van der Waals surface area contributed by atoms with E-state index in [1.54, 1.807) is 24.0 Å². The van der Waals surface area contributed by atoms with Crippen molar-refractivity contribution in [3.05, 3.63) is 23.9 Å². The predicted octanol–water partition coefficient (Wildman–Crippen LogP) is 1.28. The van der Waals surface area contributed by atoms with E-state index in [4.69, 9.17) is 9.84 Å². The third-order valence-electron chi connectivity index (χ3n) is 2.30. The van der Waals surface area contributed by atoms with Gasteiger partial charge >= 0.3 is 5.97 Å². The van der Waals surface area contributed by atoms with Crippen molar-refractivity contribution in [3.8, 4) is 5.75 Å². The third-order valence-corrected chi connectivity index (χ3v) is 2.30. The van der Waals surface area contributed by atoms with E-state index in [2.05, 4.69) is 5.10 Å². The van der Waals surface area contributed by atoms with Crippen molar-refractivity contribution in [1.82, 2.24) is 9.78 Å². The lowest BCUT2D eigenvalue weighted by atomic mass is 10.1. The molecule has 5 heteroatoms. The molecule has 78 valence electrons. The van der Waals surface area contributed by atoms with Crippen molar-refractivity contribution in [2.75, 3.05) is 7.11 Å². The summed E-state index contributed by atoms with van der Waals surface area (Å²) in [6.07, 6.45) is 1.65. The lowest BCUT2D eigenvalue weighted by Crippen LogP contribution is -1.98. The van der Waals surface area contributed by atoms with Crippen molar-refractivity contribution in [2.24, 2.45) is 7.05 Å². The summed E-state index contributed by atoms with van der Waals surface area (Å²) in [5, 5.41) is 13.8. The first-order chi connectivity index (χ1) is 7.13. The highest BCUT2D eigenvalue weighted by Crippen LogP contribution is 2.26. The minimum Gasteiger partial charge on any atom is -0.496 e. The number of ether oxygens (including phenoxy) is 1. The highest BCUT2D eigenvalue weighted by molar-refractivity contribution is 5.96. The maximum Gasteiger partial charge on any atom is 0.335 e. The summed E-state index contributed by atoms with van der Waals surface area (Å²) >= 11 is 0. The molecule has 1 heterocycles. The molecule has 0 fully saturated rings. The second-order valence-electron chi connectivity index (χ2n) is 3.18. The molecule has 0 bridgehead atoms. The van der Waals surface area contributed by atoms with E-state index in [1.807, 2.05) is 0 Å². The number of methoxy groups -OCH3 is 1. The lowest BCUT2D eigenvalue weighted by Gasteiger charge is -2.03. The Bertz CT molecular complexity index is 531. The zero-order valence-electron chi connectivity index (χ0n) is 8.39. The Morgan fingerprint density at radius 2 is 2.27 bits per heavy atom. The summed E-state index contributed by atoms with van der Waals surface area (Å²) in [7, 11) is 3.26. The van der Waals surface area contributed by atoms with E-state index in [1.165, 1.54) is 13.2 Å². The molecule has 0 aliphatic carbocycles. The number of aromatic carboxylic acids is 1. The number of aryl methyl sites for hydroxylation is 1. The smallest absolute Gasteiger partial charge is 0.335 e. The summed E-state index contributed by atoms with van der Waals surface area (Å²) in [5.41, 5.74) is 0.940. The largest absolute Gasteiger partial charge is 0.496 e. The van der Waals surface area contributed by atoms with Crippen LogP contribution in [0.2, 0.25) is 0 Å². The molecular weight excluding hydrogens is 196 g/mol. The SMILES string of the molecule is COc1cc(C(=O)O)cc2c1cnn2C. The van der Waals surface area contributed by atoms with Crippen LogP contribution in [0.5, 0.6) is 5.75 Å². The van der Waals surface area contributed by atoms with Gasteiger partial charge in [0.2, 0.25) is 0 Å². The second kappa shape index (κ2) is 3.27. The first-order valence-corrected chi connectivity index (χ1v) is 4.36. The molecule has 0 amide bonds. The van der Waals surface area contributed by atoms with Crippen molar-refractivity contribution in [2.45, 2.75) is 0 Å². The van der Waals surface area contributed by atoms with Crippen LogP contribution in [0.25, 0.3) is 10.9 Å². The van der Waals surface area contributed by atoms with E-state index < -0.39 is 5.97 Å². The molecule has 15 heavy (non-hydrogen) atoms. The van der Waals surface area contributed by atoms with Crippen LogP contribution >= 0.6 is 0 Å².